The van der Waals surface area contributed by atoms with Crippen LogP contribution in [-0.4, -0.2) is 30.4 Å². The molecule has 1 aliphatic heterocycles. The van der Waals surface area contributed by atoms with Crippen LogP contribution in [0.4, 0.5) is 0 Å². The van der Waals surface area contributed by atoms with Crippen LogP contribution in [0.25, 0.3) is 0 Å². The molecular weight excluding hydrogens is 394 g/mol. The van der Waals surface area contributed by atoms with Crippen molar-refractivity contribution >= 4 is 15.9 Å². The lowest BCUT2D eigenvalue weighted by Crippen LogP contribution is -2.43. The van der Waals surface area contributed by atoms with Crippen molar-refractivity contribution in [2.45, 2.75) is 92.5 Å². The first-order chi connectivity index (χ1) is 13.9. The van der Waals surface area contributed by atoms with E-state index < -0.39 is 10.0 Å². The van der Waals surface area contributed by atoms with E-state index in [1.807, 2.05) is 6.92 Å². The lowest BCUT2D eigenvalue weighted by atomic mass is 9.69. The predicted octanol–water partition coefficient (Wildman–Crippen LogP) is 5.77. The topological polar surface area (TPSA) is 54.5 Å². The lowest BCUT2D eigenvalue weighted by molar-refractivity contribution is -0.124. The van der Waals surface area contributed by atoms with Crippen LogP contribution in [0.5, 0.6) is 0 Å². The molecule has 2 saturated carbocycles. The number of amides is 1. The molecule has 1 amide bonds. The molecule has 0 aromatic rings. The van der Waals surface area contributed by atoms with Gasteiger partial charge in [-0.05, 0) is 84.0 Å². The highest BCUT2D eigenvalue weighted by Crippen LogP contribution is 2.69. The van der Waals surface area contributed by atoms with Gasteiger partial charge in [-0.1, -0.05) is 42.7 Å². The Bertz CT molecular complexity index is 889. The zero-order valence-electron chi connectivity index (χ0n) is 19.6. The molecule has 1 saturated heterocycles. The van der Waals surface area contributed by atoms with Crippen LogP contribution in [0.15, 0.2) is 34.9 Å². The first kappa shape index (κ1) is 23.3. The Morgan fingerprint density at radius 3 is 2.30 bits per heavy atom. The van der Waals surface area contributed by atoms with E-state index in [2.05, 4.69) is 46.8 Å². The van der Waals surface area contributed by atoms with Crippen molar-refractivity contribution < 1.29 is 13.2 Å². The summed E-state index contributed by atoms with van der Waals surface area (Å²) in [5.41, 5.74) is 3.40. The Balaban J connectivity index is 1.64. The molecular formula is C25H39NO3S. The van der Waals surface area contributed by atoms with Gasteiger partial charge in [0.05, 0.1) is 11.8 Å². The van der Waals surface area contributed by atoms with Crippen LogP contribution in [0.3, 0.4) is 0 Å². The van der Waals surface area contributed by atoms with Gasteiger partial charge in [-0.25, -0.2) is 12.7 Å². The second-order valence-electron chi connectivity index (χ2n) is 10.7. The van der Waals surface area contributed by atoms with Crippen molar-refractivity contribution in [2.75, 3.05) is 5.75 Å². The molecule has 0 N–H and O–H groups in total. The number of hydrogen-bond acceptors (Lipinski definition) is 3. The second-order valence-corrected chi connectivity index (χ2v) is 12.5. The summed E-state index contributed by atoms with van der Waals surface area (Å²) in [6.45, 7) is 12.7. The average Bonchev–Trinajstić information content (AvgIpc) is 3.08. The van der Waals surface area contributed by atoms with Crippen molar-refractivity contribution in [3.8, 4) is 0 Å². The van der Waals surface area contributed by atoms with Crippen molar-refractivity contribution in [1.82, 2.24) is 4.31 Å². The molecule has 5 heteroatoms. The fourth-order valence-electron chi connectivity index (χ4n) is 6.16. The Morgan fingerprint density at radius 2 is 1.67 bits per heavy atom. The van der Waals surface area contributed by atoms with Gasteiger partial charge in [-0.2, -0.15) is 0 Å². The zero-order chi connectivity index (χ0) is 22.3. The quantitative estimate of drug-likeness (QED) is 0.378. The highest BCUT2D eigenvalue weighted by Gasteiger charge is 2.72. The summed E-state index contributed by atoms with van der Waals surface area (Å²) in [6.07, 6.45) is 12.7. The Labute approximate surface area is 183 Å². The van der Waals surface area contributed by atoms with E-state index in [0.29, 0.717) is 5.92 Å². The first-order valence-electron chi connectivity index (χ1n) is 11.4. The van der Waals surface area contributed by atoms with Gasteiger partial charge in [-0.15, -0.1) is 0 Å². The maximum absolute atomic E-state index is 13.0. The molecule has 0 aromatic heterocycles. The predicted molar refractivity (Wildman–Crippen MR) is 123 cm³/mol. The van der Waals surface area contributed by atoms with Crippen molar-refractivity contribution in [3.05, 3.63) is 34.9 Å². The van der Waals surface area contributed by atoms with E-state index in [1.165, 1.54) is 15.5 Å². The molecule has 2 aliphatic carbocycles. The van der Waals surface area contributed by atoms with Gasteiger partial charge in [0, 0.05) is 11.5 Å². The molecule has 30 heavy (non-hydrogen) atoms. The molecule has 3 fully saturated rings. The van der Waals surface area contributed by atoms with Gasteiger partial charge in [-0.3, -0.25) is 4.79 Å². The minimum atomic E-state index is -3.54. The number of hydrogen-bond donors (Lipinski definition) is 0. The third kappa shape index (κ3) is 4.06. The number of carbonyl (C=O) groups is 1. The SMILES string of the molecule is CC(C)=CCC/C(C)=C/CC/C(C)=C/C(=O)N1[C@@H]2C[C@H]3CC[C@]2(CS1(=O)=O)C3(C)C. The van der Waals surface area contributed by atoms with Crippen LogP contribution in [-0.2, 0) is 14.8 Å². The molecule has 3 aliphatic rings. The third-order valence-corrected chi connectivity index (χ3v) is 10.0. The summed E-state index contributed by atoms with van der Waals surface area (Å²) in [4.78, 5) is 13.0. The van der Waals surface area contributed by atoms with Crippen LogP contribution in [0.2, 0.25) is 0 Å². The fourth-order valence-corrected chi connectivity index (χ4v) is 8.66. The summed E-state index contributed by atoms with van der Waals surface area (Å²) in [6, 6.07) is -0.148. The summed E-state index contributed by atoms with van der Waals surface area (Å²) >= 11 is 0. The monoisotopic (exact) mass is 433 g/mol. The van der Waals surface area contributed by atoms with E-state index in [9.17, 15) is 13.2 Å². The Kier molecular flexibility index (Phi) is 6.44. The largest absolute Gasteiger partial charge is 0.269 e. The number of carbonyl (C=O) groups excluding carboxylic acids is 1. The molecule has 0 aromatic carbocycles. The Hall–Kier alpha value is -1.36. The van der Waals surface area contributed by atoms with Crippen molar-refractivity contribution in [2.24, 2.45) is 16.7 Å². The number of allylic oxidation sites excluding steroid dienone is 5. The van der Waals surface area contributed by atoms with Gasteiger partial charge in [0.25, 0.3) is 5.91 Å². The number of rotatable bonds is 7. The smallest absolute Gasteiger partial charge is 0.260 e. The molecule has 3 atom stereocenters. The molecule has 4 nitrogen and oxygen atoms in total. The molecule has 2 bridgehead atoms. The molecule has 168 valence electrons. The highest BCUT2D eigenvalue weighted by molar-refractivity contribution is 7.90. The van der Waals surface area contributed by atoms with Crippen LogP contribution < -0.4 is 0 Å². The van der Waals surface area contributed by atoms with E-state index in [0.717, 1.165) is 50.5 Å². The molecule has 3 rings (SSSR count). The van der Waals surface area contributed by atoms with Crippen LogP contribution in [0, 0.1) is 16.7 Å². The normalized spacial score (nSPS) is 31.7. The number of fused-ring (bicyclic) bond motifs is 1. The number of sulfonamides is 1. The van der Waals surface area contributed by atoms with E-state index in [-0.39, 0.29) is 28.5 Å². The minimum Gasteiger partial charge on any atom is -0.269 e. The van der Waals surface area contributed by atoms with Gasteiger partial charge < -0.3 is 0 Å². The molecule has 1 spiro atoms. The minimum absolute atomic E-state index is 0.00759. The fraction of sp³-hybridized carbons (Fsp3) is 0.720. The van der Waals surface area contributed by atoms with Gasteiger partial charge >= 0.3 is 0 Å². The summed E-state index contributed by atoms with van der Waals surface area (Å²) in [5, 5.41) is 0. The second kappa shape index (κ2) is 8.29. The van der Waals surface area contributed by atoms with Gasteiger partial charge in [0.2, 0.25) is 10.0 Å². The standard InChI is InChI=1S/C25H39NO3S/c1-18(2)9-7-10-19(3)11-8-12-20(4)15-23(27)26-22-16-21-13-14-25(22,24(21,5)6)17-30(26,28)29/h9,11,15,21-22H,7-8,10,12-14,16-17H2,1-6H3/b19-11+,20-15+/t21-,22-,25-/m1/s1. The van der Waals surface area contributed by atoms with E-state index >= 15 is 0 Å². The maximum Gasteiger partial charge on any atom is 0.260 e. The highest BCUT2D eigenvalue weighted by atomic mass is 32.2. The summed E-state index contributed by atoms with van der Waals surface area (Å²) in [5.74, 6) is 0.334. The average molecular weight is 434 g/mol. The number of nitrogens with zero attached hydrogens (tertiary/aromatic N) is 1. The lowest BCUT2D eigenvalue weighted by Gasteiger charge is -2.36. The van der Waals surface area contributed by atoms with Crippen LogP contribution >= 0.6 is 0 Å². The van der Waals surface area contributed by atoms with Crippen molar-refractivity contribution in [1.29, 1.82) is 0 Å². The maximum atomic E-state index is 13.0. The molecule has 0 radical (unpaired) electrons. The summed E-state index contributed by atoms with van der Waals surface area (Å²) < 4.78 is 27.2. The van der Waals surface area contributed by atoms with E-state index in [4.69, 9.17) is 0 Å². The van der Waals surface area contributed by atoms with Gasteiger partial charge in [0.1, 0.15) is 0 Å². The van der Waals surface area contributed by atoms with Gasteiger partial charge in [0.15, 0.2) is 0 Å². The van der Waals surface area contributed by atoms with Crippen molar-refractivity contribution in [3.63, 3.8) is 0 Å². The Morgan fingerprint density at radius 1 is 1.03 bits per heavy atom. The van der Waals surface area contributed by atoms with E-state index in [1.54, 1.807) is 6.08 Å². The summed E-state index contributed by atoms with van der Waals surface area (Å²) in [7, 11) is -3.54. The third-order valence-electron chi connectivity index (χ3n) is 8.12. The molecule has 0 unspecified atom stereocenters. The van der Waals surface area contributed by atoms with Crippen LogP contribution in [0.1, 0.15) is 86.5 Å². The first-order valence-corrected chi connectivity index (χ1v) is 13.0. The zero-order valence-corrected chi connectivity index (χ0v) is 20.4. The molecule has 1 heterocycles.